The first kappa shape index (κ1) is 22.0. The minimum absolute atomic E-state index is 0.0159. The summed E-state index contributed by atoms with van der Waals surface area (Å²) >= 11 is 1.61. The first-order valence-electron chi connectivity index (χ1n) is 9.78. The van der Waals surface area contributed by atoms with Gasteiger partial charge in [-0.3, -0.25) is 9.69 Å². The molecule has 0 spiro atoms. The lowest BCUT2D eigenvalue weighted by molar-refractivity contribution is -0.122. The second kappa shape index (κ2) is 8.95. The second-order valence-corrected chi connectivity index (χ2v) is 11.3. The van der Waals surface area contributed by atoms with E-state index in [1.54, 1.807) is 23.5 Å². The lowest BCUT2D eigenvalue weighted by atomic mass is 9.87. The smallest absolute Gasteiger partial charge is 0.243 e. The molecule has 1 saturated heterocycles. The topological polar surface area (TPSA) is 69.7 Å². The molecule has 0 atom stereocenters. The zero-order valence-electron chi connectivity index (χ0n) is 17.2. The van der Waals surface area contributed by atoms with E-state index < -0.39 is 10.0 Å². The Hall–Kier alpha value is -1.74. The number of carbonyl (C=O) groups is 1. The van der Waals surface area contributed by atoms with Crippen LogP contribution in [0.2, 0.25) is 0 Å². The van der Waals surface area contributed by atoms with Crippen molar-refractivity contribution in [2.24, 2.45) is 0 Å². The summed E-state index contributed by atoms with van der Waals surface area (Å²) in [7, 11) is -3.51. The highest BCUT2D eigenvalue weighted by atomic mass is 32.2. The van der Waals surface area contributed by atoms with E-state index in [1.807, 2.05) is 34.5 Å². The fourth-order valence-electron chi connectivity index (χ4n) is 3.26. The van der Waals surface area contributed by atoms with Gasteiger partial charge in [0.2, 0.25) is 15.9 Å². The predicted molar refractivity (Wildman–Crippen MR) is 117 cm³/mol. The van der Waals surface area contributed by atoms with E-state index in [2.05, 4.69) is 26.1 Å². The maximum absolute atomic E-state index is 12.9. The number of thiophene rings is 1. The third-order valence-corrected chi connectivity index (χ3v) is 7.89. The third kappa shape index (κ3) is 5.66. The average Bonchev–Trinajstić information content (AvgIpc) is 3.20. The Morgan fingerprint density at radius 2 is 1.72 bits per heavy atom. The van der Waals surface area contributed by atoms with Crippen molar-refractivity contribution in [1.29, 1.82) is 0 Å². The van der Waals surface area contributed by atoms with Crippen LogP contribution in [0.1, 0.15) is 31.2 Å². The standard InChI is InChI=1S/C21H29N3O3S2/c1-21(2,3)17-6-8-19(9-7-17)29(26,27)24-12-10-23(11-13-24)16-20(25)22-15-18-5-4-14-28-18/h4-9,14H,10-13,15-16H2,1-3H3,(H,22,25). The van der Waals surface area contributed by atoms with Crippen molar-refractivity contribution >= 4 is 27.3 Å². The minimum atomic E-state index is -3.51. The fourth-order valence-corrected chi connectivity index (χ4v) is 5.33. The Morgan fingerprint density at radius 3 is 2.28 bits per heavy atom. The summed E-state index contributed by atoms with van der Waals surface area (Å²) in [6.07, 6.45) is 0. The van der Waals surface area contributed by atoms with E-state index in [0.717, 1.165) is 10.4 Å². The van der Waals surface area contributed by atoms with Crippen LogP contribution in [0.15, 0.2) is 46.7 Å². The van der Waals surface area contributed by atoms with E-state index in [-0.39, 0.29) is 11.3 Å². The van der Waals surface area contributed by atoms with Crippen molar-refractivity contribution in [1.82, 2.24) is 14.5 Å². The number of rotatable bonds is 6. The molecule has 0 radical (unpaired) electrons. The van der Waals surface area contributed by atoms with E-state index in [0.29, 0.717) is 44.2 Å². The fraction of sp³-hybridized carbons (Fsp3) is 0.476. The van der Waals surface area contributed by atoms with Crippen LogP contribution in [-0.4, -0.2) is 56.3 Å². The summed E-state index contributed by atoms with van der Waals surface area (Å²) in [4.78, 5) is 15.6. The summed E-state index contributed by atoms with van der Waals surface area (Å²) in [5.41, 5.74) is 1.09. The maximum Gasteiger partial charge on any atom is 0.243 e. The van der Waals surface area contributed by atoms with Gasteiger partial charge in [0, 0.05) is 31.1 Å². The average molecular weight is 436 g/mol. The summed E-state index contributed by atoms with van der Waals surface area (Å²) in [6.45, 7) is 9.01. The number of carbonyl (C=O) groups excluding carboxylic acids is 1. The zero-order valence-corrected chi connectivity index (χ0v) is 18.9. The van der Waals surface area contributed by atoms with Crippen LogP contribution < -0.4 is 5.32 Å². The molecule has 8 heteroatoms. The van der Waals surface area contributed by atoms with Crippen molar-refractivity contribution in [2.45, 2.75) is 37.6 Å². The van der Waals surface area contributed by atoms with Gasteiger partial charge in [-0.05, 0) is 34.6 Å². The van der Waals surface area contributed by atoms with Gasteiger partial charge in [-0.15, -0.1) is 11.3 Å². The lowest BCUT2D eigenvalue weighted by Crippen LogP contribution is -2.50. The number of hydrogen-bond acceptors (Lipinski definition) is 5. The SMILES string of the molecule is CC(C)(C)c1ccc(S(=O)(=O)N2CCN(CC(=O)NCc3cccs3)CC2)cc1. The minimum Gasteiger partial charge on any atom is -0.350 e. The Labute approximate surface area is 177 Å². The molecule has 29 heavy (non-hydrogen) atoms. The third-order valence-electron chi connectivity index (χ3n) is 5.10. The van der Waals surface area contributed by atoms with E-state index in [4.69, 9.17) is 0 Å². The largest absolute Gasteiger partial charge is 0.350 e. The maximum atomic E-state index is 12.9. The molecule has 1 aromatic heterocycles. The number of nitrogens with zero attached hydrogens (tertiary/aromatic N) is 2. The van der Waals surface area contributed by atoms with Crippen LogP contribution in [0.4, 0.5) is 0 Å². The molecule has 1 N–H and O–H groups in total. The zero-order chi connectivity index (χ0) is 21.1. The summed E-state index contributed by atoms with van der Waals surface area (Å²) in [5.74, 6) is -0.0347. The first-order chi connectivity index (χ1) is 13.7. The lowest BCUT2D eigenvalue weighted by Gasteiger charge is -2.33. The second-order valence-electron chi connectivity index (χ2n) is 8.31. The molecule has 1 aromatic carbocycles. The number of sulfonamides is 1. The molecular formula is C21H29N3O3S2. The van der Waals surface area contributed by atoms with Crippen molar-refractivity contribution in [3.63, 3.8) is 0 Å². The van der Waals surface area contributed by atoms with Gasteiger partial charge in [-0.1, -0.05) is 39.0 Å². The molecule has 0 unspecified atom stereocenters. The Kier molecular flexibility index (Phi) is 6.78. The highest BCUT2D eigenvalue weighted by Crippen LogP contribution is 2.25. The van der Waals surface area contributed by atoms with Crippen LogP contribution in [-0.2, 0) is 26.8 Å². The molecule has 0 aliphatic carbocycles. The van der Waals surface area contributed by atoms with Gasteiger partial charge < -0.3 is 5.32 Å². The Bertz CT molecular complexity index is 909. The van der Waals surface area contributed by atoms with Crippen LogP contribution in [0.3, 0.4) is 0 Å². The van der Waals surface area contributed by atoms with Crippen LogP contribution in [0.25, 0.3) is 0 Å². The number of nitrogens with one attached hydrogen (secondary N) is 1. The highest BCUT2D eigenvalue weighted by Gasteiger charge is 2.29. The number of amides is 1. The molecule has 0 saturated carbocycles. The normalized spacial score (nSPS) is 16.7. The van der Waals surface area contributed by atoms with Gasteiger partial charge in [0.1, 0.15) is 0 Å². The van der Waals surface area contributed by atoms with Crippen molar-refractivity contribution < 1.29 is 13.2 Å². The van der Waals surface area contributed by atoms with Gasteiger partial charge >= 0.3 is 0 Å². The van der Waals surface area contributed by atoms with Crippen LogP contribution >= 0.6 is 11.3 Å². The molecule has 1 fully saturated rings. The van der Waals surface area contributed by atoms with Gasteiger partial charge in [0.05, 0.1) is 18.0 Å². The molecule has 158 valence electrons. The van der Waals surface area contributed by atoms with E-state index in [1.165, 1.54) is 4.31 Å². The predicted octanol–water partition coefficient (Wildman–Crippen LogP) is 2.67. The monoisotopic (exact) mass is 435 g/mol. The quantitative estimate of drug-likeness (QED) is 0.757. The van der Waals surface area contributed by atoms with Gasteiger partial charge in [0.25, 0.3) is 0 Å². The molecule has 2 heterocycles. The summed E-state index contributed by atoms with van der Waals surface area (Å²) in [5, 5.41) is 4.90. The van der Waals surface area contributed by atoms with E-state index in [9.17, 15) is 13.2 Å². The van der Waals surface area contributed by atoms with Gasteiger partial charge in [-0.25, -0.2) is 8.42 Å². The van der Waals surface area contributed by atoms with E-state index >= 15 is 0 Å². The molecular weight excluding hydrogens is 406 g/mol. The number of benzene rings is 1. The van der Waals surface area contributed by atoms with Gasteiger partial charge in [-0.2, -0.15) is 4.31 Å². The van der Waals surface area contributed by atoms with Crippen molar-refractivity contribution in [3.05, 3.63) is 52.2 Å². The Balaban J connectivity index is 1.52. The van der Waals surface area contributed by atoms with Crippen LogP contribution in [0.5, 0.6) is 0 Å². The van der Waals surface area contributed by atoms with Gasteiger partial charge in [0.15, 0.2) is 0 Å². The van der Waals surface area contributed by atoms with Crippen LogP contribution in [0, 0.1) is 0 Å². The number of piperazine rings is 1. The highest BCUT2D eigenvalue weighted by molar-refractivity contribution is 7.89. The molecule has 1 aliphatic heterocycles. The number of hydrogen-bond donors (Lipinski definition) is 1. The molecule has 0 bridgehead atoms. The Morgan fingerprint density at radius 1 is 1.07 bits per heavy atom. The molecule has 1 amide bonds. The summed E-state index contributed by atoms with van der Waals surface area (Å²) in [6, 6.07) is 11.1. The van der Waals surface area contributed by atoms with Crippen molar-refractivity contribution in [3.8, 4) is 0 Å². The molecule has 1 aliphatic rings. The first-order valence-corrected chi connectivity index (χ1v) is 12.1. The summed E-state index contributed by atoms with van der Waals surface area (Å²) < 4.78 is 27.4. The molecule has 3 rings (SSSR count). The van der Waals surface area contributed by atoms with Crippen molar-refractivity contribution in [2.75, 3.05) is 32.7 Å². The molecule has 2 aromatic rings. The molecule has 6 nitrogen and oxygen atoms in total.